The van der Waals surface area contributed by atoms with Crippen molar-refractivity contribution in [3.8, 4) is 0 Å². The lowest BCUT2D eigenvalue weighted by molar-refractivity contribution is -0.196. The number of carbonyl (C=O) groups excluding carboxylic acids is 1. The lowest BCUT2D eigenvalue weighted by Crippen LogP contribution is -2.74. The van der Waals surface area contributed by atoms with Crippen molar-refractivity contribution >= 4 is 14.3 Å². The van der Waals surface area contributed by atoms with Gasteiger partial charge in [0.15, 0.2) is 0 Å². The van der Waals surface area contributed by atoms with Gasteiger partial charge in [-0.15, -0.1) is 0 Å². The van der Waals surface area contributed by atoms with Crippen LogP contribution in [0.1, 0.15) is 5.56 Å². The Morgan fingerprint density at radius 1 is 0.826 bits per heavy atom. The van der Waals surface area contributed by atoms with Gasteiger partial charge in [0.25, 0.3) is 5.97 Å². The molecule has 0 aromatic heterocycles. The van der Waals surface area contributed by atoms with Crippen LogP contribution in [0.4, 0.5) is 39.5 Å². The van der Waals surface area contributed by atoms with Crippen molar-refractivity contribution in [2.24, 2.45) is 0 Å². The van der Waals surface area contributed by atoms with Gasteiger partial charge >= 0.3 is 25.7 Å². The molecule has 12 heteroatoms. The fourth-order valence-electron chi connectivity index (χ4n) is 1.63. The molecule has 0 heterocycles. The SMILES string of the molecule is O=C(Cc1ccccc1)O[Si](C(F)(F)F)(C(F)(F)F)C(F)(F)F. The number of halogens is 9. The van der Waals surface area contributed by atoms with E-state index in [9.17, 15) is 44.3 Å². The Kier molecular flexibility index (Phi) is 5.09. The third-order valence-corrected chi connectivity index (χ3v) is 5.58. The van der Waals surface area contributed by atoms with Crippen molar-refractivity contribution in [2.45, 2.75) is 23.8 Å². The molecule has 0 aliphatic rings. The summed E-state index contributed by atoms with van der Waals surface area (Å²) in [6.07, 6.45) is -1.15. The van der Waals surface area contributed by atoms with Gasteiger partial charge in [0.2, 0.25) is 0 Å². The minimum Gasteiger partial charge on any atom is -0.496 e. The maximum atomic E-state index is 12.6. The Morgan fingerprint density at radius 3 is 1.57 bits per heavy atom. The highest BCUT2D eigenvalue weighted by Gasteiger charge is 2.92. The van der Waals surface area contributed by atoms with Gasteiger partial charge in [0, 0.05) is 0 Å². The van der Waals surface area contributed by atoms with Crippen LogP contribution in [0.3, 0.4) is 0 Å². The van der Waals surface area contributed by atoms with Crippen molar-refractivity contribution in [3.05, 3.63) is 35.9 Å². The maximum absolute atomic E-state index is 12.6. The van der Waals surface area contributed by atoms with Crippen LogP contribution in [-0.2, 0) is 15.6 Å². The first-order valence-corrected chi connectivity index (χ1v) is 7.59. The standard InChI is InChI=1S/C11H7F9O2Si/c12-9(13,14)23(10(15,16)17,11(18,19)20)22-8(21)6-7-4-2-1-3-5-7/h1-5H,6H2. The first kappa shape index (κ1) is 19.3. The summed E-state index contributed by atoms with van der Waals surface area (Å²) in [6.45, 7) is 0. The molecular weight excluding hydrogens is 363 g/mol. The molecule has 0 aliphatic heterocycles. The van der Waals surface area contributed by atoms with E-state index >= 15 is 0 Å². The molecule has 1 rings (SSSR count). The second kappa shape index (κ2) is 6.05. The van der Waals surface area contributed by atoms with Crippen LogP contribution < -0.4 is 0 Å². The molecule has 1 aromatic rings. The summed E-state index contributed by atoms with van der Waals surface area (Å²) in [6, 6.07) is 6.29. The molecule has 0 radical (unpaired) electrons. The van der Waals surface area contributed by atoms with E-state index in [4.69, 9.17) is 0 Å². The summed E-state index contributed by atoms with van der Waals surface area (Å²) in [4.78, 5) is 11.3. The van der Waals surface area contributed by atoms with Crippen LogP contribution in [0.25, 0.3) is 0 Å². The van der Waals surface area contributed by atoms with Crippen molar-refractivity contribution in [1.29, 1.82) is 0 Å². The maximum Gasteiger partial charge on any atom is 0.599 e. The Hall–Kier alpha value is -1.72. The van der Waals surface area contributed by atoms with Gasteiger partial charge in [0.05, 0.1) is 6.42 Å². The summed E-state index contributed by atoms with van der Waals surface area (Å²) in [5.74, 6) is -22.6. The van der Waals surface area contributed by atoms with Crippen LogP contribution in [0.5, 0.6) is 0 Å². The van der Waals surface area contributed by atoms with E-state index in [1.807, 2.05) is 0 Å². The van der Waals surface area contributed by atoms with Crippen molar-refractivity contribution in [3.63, 3.8) is 0 Å². The number of hydrogen-bond acceptors (Lipinski definition) is 2. The highest BCUT2D eigenvalue weighted by atomic mass is 28.4. The highest BCUT2D eigenvalue weighted by Crippen LogP contribution is 2.50. The molecule has 130 valence electrons. The van der Waals surface area contributed by atoms with Crippen LogP contribution in [0.15, 0.2) is 30.3 Å². The van der Waals surface area contributed by atoms with E-state index in [0.29, 0.717) is 0 Å². The zero-order valence-corrected chi connectivity index (χ0v) is 11.8. The first-order chi connectivity index (χ1) is 10.2. The Balaban J connectivity index is 3.24. The third-order valence-electron chi connectivity index (χ3n) is 2.66. The summed E-state index contributed by atoms with van der Waals surface area (Å²) >= 11 is 0. The molecule has 0 spiro atoms. The molecule has 0 N–H and O–H groups in total. The van der Waals surface area contributed by atoms with Crippen LogP contribution in [0.2, 0.25) is 0 Å². The van der Waals surface area contributed by atoms with Crippen molar-refractivity contribution in [1.82, 2.24) is 0 Å². The number of hydrogen-bond donors (Lipinski definition) is 0. The Bertz CT molecular complexity index is 511. The van der Waals surface area contributed by atoms with Crippen molar-refractivity contribution < 1.29 is 48.7 Å². The molecule has 0 saturated carbocycles. The lowest BCUT2D eigenvalue weighted by Gasteiger charge is -2.34. The fraction of sp³-hybridized carbons (Fsp3) is 0.364. The predicted molar refractivity (Wildman–Crippen MR) is 60.2 cm³/mol. The number of carbonyl (C=O) groups is 1. The van der Waals surface area contributed by atoms with E-state index in [1.54, 1.807) is 0 Å². The number of alkyl halides is 9. The zero-order chi connectivity index (χ0) is 18.1. The number of benzene rings is 1. The summed E-state index contributed by atoms with van der Waals surface area (Å²) in [7, 11) is -8.47. The van der Waals surface area contributed by atoms with E-state index in [2.05, 4.69) is 4.43 Å². The molecule has 2 nitrogen and oxygen atoms in total. The van der Waals surface area contributed by atoms with E-state index < -0.39 is 38.1 Å². The van der Waals surface area contributed by atoms with Gasteiger partial charge in [-0.2, -0.15) is 39.5 Å². The molecule has 23 heavy (non-hydrogen) atoms. The lowest BCUT2D eigenvalue weighted by atomic mass is 10.2. The largest absolute Gasteiger partial charge is 0.599 e. The molecule has 0 bridgehead atoms. The normalized spacial score (nSPS) is 13.8. The number of rotatable bonds is 3. The molecule has 1 aromatic carbocycles. The minimum absolute atomic E-state index is 0.0908. The second-order valence-electron chi connectivity index (χ2n) is 4.31. The fourth-order valence-corrected chi connectivity index (χ4v) is 3.35. The minimum atomic E-state index is -8.47. The molecule has 0 aliphatic carbocycles. The molecule has 0 saturated heterocycles. The Labute approximate surface area is 124 Å². The first-order valence-electron chi connectivity index (χ1n) is 5.68. The quantitative estimate of drug-likeness (QED) is 0.594. The Morgan fingerprint density at radius 2 is 1.22 bits per heavy atom. The van der Waals surface area contributed by atoms with Gasteiger partial charge in [-0.3, -0.25) is 4.79 Å². The summed E-state index contributed by atoms with van der Waals surface area (Å²) in [5, 5.41) is 0. The summed E-state index contributed by atoms with van der Waals surface area (Å²) < 4.78 is 117. The smallest absolute Gasteiger partial charge is 0.496 e. The van der Waals surface area contributed by atoms with Crippen LogP contribution in [0, 0.1) is 0 Å². The average molecular weight is 370 g/mol. The van der Waals surface area contributed by atoms with Gasteiger partial charge in [0.1, 0.15) is 0 Å². The topological polar surface area (TPSA) is 26.3 Å². The molecule has 0 unspecified atom stereocenters. The van der Waals surface area contributed by atoms with Gasteiger partial charge in [-0.1, -0.05) is 30.3 Å². The molecule has 0 fully saturated rings. The van der Waals surface area contributed by atoms with Crippen LogP contribution in [-0.4, -0.2) is 31.7 Å². The van der Waals surface area contributed by atoms with E-state index in [0.717, 1.165) is 12.1 Å². The molecular formula is C11H7F9O2Si. The van der Waals surface area contributed by atoms with Crippen molar-refractivity contribution in [2.75, 3.05) is 0 Å². The molecule has 0 atom stereocenters. The average Bonchev–Trinajstić information content (AvgIpc) is 2.32. The van der Waals surface area contributed by atoms with E-state index in [1.165, 1.54) is 18.2 Å². The van der Waals surface area contributed by atoms with Crippen LogP contribution >= 0.6 is 0 Å². The summed E-state index contributed by atoms with van der Waals surface area (Å²) in [5.41, 5.74) is -0.0908. The monoisotopic (exact) mass is 370 g/mol. The van der Waals surface area contributed by atoms with E-state index in [-0.39, 0.29) is 5.56 Å². The highest BCUT2D eigenvalue weighted by molar-refractivity contribution is 6.80. The van der Waals surface area contributed by atoms with Gasteiger partial charge in [-0.25, -0.2) is 0 Å². The van der Waals surface area contributed by atoms with Gasteiger partial charge in [-0.05, 0) is 5.56 Å². The van der Waals surface area contributed by atoms with Gasteiger partial charge < -0.3 is 4.43 Å². The predicted octanol–water partition coefficient (Wildman–Crippen LogP) is 4.02. The second-order valence-corrected chi connectivity index (χ2v) is 7.58. The molecule has 0 amide bonds. The zero-order valence-electron chi connectivity index (χ0n) is 10.8. The third kappa shape index (κ3) is 3.79.